The zero-order valence-electron chi connectivity index (χ0n) is 12.0. The first kappa shape index (κ1) is 13.5. The number of aromatic nitrogens is 3. The highest BCUT2D eigenvalue weighted by atomic mass is 35.5. The molecule has 1 aliphatic heterocycles. The van der Waals surface area contributed by atoms with Gasteiger partial charge < -0.3 is 4.90 Å². The second-order valence-electron chi connectivity index (χ2n) is 5.46. The molecular weight excluding hydrogens is 296 g/mol. The summed E-state index contributed by atoms with van der Waals surface area (Å²) in [5.41, 5.74) is 2.77. The molecule has 2 aromatic heterocycles. The Morgan fingerprint density at radius 2 is 1.91 bits per heavy atom. The first-order valence-electron chi connectivity index (χ1n) is 7.42. The van der Waals surface area contributed by atoms with Gasteiger partial charge in [-0.05, 0) is 30.5 Å². The summed E-state index contributed by atoms with van der Waals surface area (Å²) in [7, 11) is 0. The highest BCUT2D eigenvalue weighted by molar-refractivity contribution is 6.33. The lowest BCUT2D eigenvalue weighted by Gasteiger charge is -2.26. The Hall–Kier alpha value is -2.20. The second-order valence-corrected chi connectivity index (χ2v) is 5.82. The molecule has 4 rings (SSSR count). The molecule has 0 radical (unpaired) electrons. The van der Waals surface area contributed by atoms with Crippen LogP contribution in [0.3, 0.4) is 0 Å². The van der Waals surface area contributed by atoms with Crippen LogP contribution in [0.4, 0.5) is 5.82 Å². The van der Waals surface area contributed by atoms with Crippen LogP contribution in [0.15, 0.2) is 48.8 Å². The lowest BCUT2D eigenvalue weighted by molar-refractivity contribution is 0.713. The molecule has 1 unspecified atom stereocenters. The van der Waals surface area contributed by atoms with Crippen molar-refractivity contribution in [2.45, 2.75) is 18.9 Å². The van der Waals surface area contributed by atoms with Gasteiger partial charge in [0.05, 0.1) is 11.6 Å². The molecule has 4 nitrogen and oxygen atoms in total. The summed E-state index contributed by atoms with van der Waals surface area (Å²) < 4.78 is 0. The lowest BCUT2D eigenvalue weighted by atomic mass is 10.0. The van der Waals surface area contributed by atoms with Crippen molar-refractivity contribution < 1.29 is 0 Å². The molecule has 0 aliphatic carbocycles. The van der Waals surface area contributed by atoms with Crippen molar-refractivity contribution in [1.29, 1.82) is 0 Å². The van der Waals surface area contributed by atoms with Gasteiger partial charge in [-0.25, -0.2) is 15.0 Å². The molecule has 0 saturated carbocycles. The van der Waals surface area contributed by atoms with Gasteiger partial charge in [0.25, 0.3) is 0 Å². The van der Waals surface area contributed by atoms with Crippen molar-refractivity contribution in [3.8, 4) is 0 Å². The molecule has 1 atom stereocenters. The third kappa shape index (κ3) is 2.29. The highest BCUT2D eigenvalue weighted by Gasteiger charge is 2.27. The maximum atomic E-state index is 6.16. The van der Waals surface area contributed by atoms with E-state index in [0.717, 1.165) is 30.7 Å². The molecule has 1 aromatic carbocycles. The highest BCUT2D eigenvalue weighted by Crippen LogP contribution is 2.35. The smallest absolute Gasteiger partial charge is 0.158 e. The zero-order chi connectivity index (χ0) is 14.9. The van der Waals surface area contributed by atoms with E-state index in [1.807, 2.05) is 18.2 Å². The van der Waals surface area contributed by atoms with Crippen LogP contribution in [0.25, 0.3) is 11.0 Å². The van der Waals surface area contributed by atoms with Crippen molar-refractivity contribution in [2.24, 2.45) is 0 Å². The molecule has 0 N–H and O–H groups in total. The summed E-state index contributed by atoms with van der Waals surface area (Å²) in [6.07, 6.45) is 3.77. The fourth-order valence-electron chi connectivity index (χ4n) is 3.12. The van der Waals surface area contributed by atoms with E-state index in [1.165, 1.54) is 11.9 Å². The molecule has 3 heterocycles. The fraction of sp³-hybridized carbons (Fsp3) is 0.235. The SMILES string of the molecule is Clc1ncnc2ccc(N3CCCC3c3ccccc3)nc12. The summed E-state index contributed by atoms with van der Waals surface area (Å²) in [4.78, 5) is 15.3. The van der Waals surface area contributed by atoms with Crippen LogP contribution in [-0.4, -0.2) is 21.5 Å². The number of hydrogen-bond acceptors (Lipinski definition) is 4. The molecular formula is C17H15ClN4. The van der Waals surface area contributed by atoms with E-state index in [2.05, 4.69) is 39.1 Å². The number of halogens is 1. The molecule has 3 aromatic rings. The minimum Gasteiger partial charge on any atom is -0.350 e. The Morgan fingerprint density at radius 3 is 2.77 bits per heavy atom. The van der Waals surface area contributed by atoms with Gasteiger partial charge >= 0.3 is 0 Å². The molecule has 1 fully saturated rings. The molecule has 0 bridgehead atoms. The molecule has 1 saturated heterocycles. The third-order valence-electron chi connectivity index (χ3n) is 4.15. The Morgan fingerprint density at radius 1 is 1.05 bits per heavy atom. The molecule has 0 spiro atoms. The van der Waals surface area contributed by atoms with E-state index in [9.17, 15) is 0 Å². The topological polar surface area (TPSA) is 41.9 Å². The van der Waals surface area contributed by atoms with Crippen molar-refractivity contribution in [1.82, 2.24) is 15.0 Å². The number of pyridine rings is 1. The van der Waals surface area contributed by atoms with Crippen LogP contribution >= 0.6 is 11.6 Å². The maximum Gasteiger partial charge on any atom is 0.158 e. The second kappa shape index (κ2) is 5.54. The van der Waals surface area contributed by atoms with Gasteiger partial charge in [0.1, 0.15) is 17.7 Å². The average molecular weight is 311 g/mol. The van der Waals surface area contributed by atoms with Crippen molar-refractivity contribution >= 4 is 28.5 Å². The Bertz CT molecular complexity index is 806. The normalized spacial score (nSPS) is 18.0. The maximum absolute atomic E-state index is 6.16. The van der Waals surface area contributed by atoms with Gasteiger partial charge in [0, 0.05) is 6.54 Å². The van der Waals surface area contributed by atoms with Crippen LogP contribution < -0.4 is 4.90 Å². The Kier molecular flexibility index (Phi) is 3.39. The van der Waals surface area contributed by atoms with Gasteiger partial charge in [0.2, 0.25) is 0 Å². The number of rotatable bonds is 2. The summed E-state index contributed by atoms with van der Waals surface area (Å²) in [6, 6.07) is 14.9. The van der Waals surface area contributed by atoms with Gasteiger partial charge in [-0.15, -0.1) is 0 Å². The third-order valence-corrected chi connectivity index (χ3v) is 4.43. The van der Waals surface area contributed by atoms with Gasteiger partial charge in [0.15, 0.2) is 5.15 Å². The lowest BCUT2D eigenvalue weighted by Crippen LogP contribution is -2.23. The number of benzene rings is 1. The number of fused-ring (bicyclic) bond motifs is 1. The van der Waals surface area contributed by atoms with E-state index in [0.29, 0.717) is 16.7 Å². The van der Waals surface area contributed by atoms with E-state index in [1.54, 1.807) is 0 Å². The van der Waals surface area contributed by atoms with E-state index >= 15 is 0 Å². The molecule has 110 valence electrons. The standard InChI is InChI=1S/C17H15ClN4/c18-17-16-13(19-11-20-17)8-9-15(21-16)22-10-4-7-14(22)12-5-2-1-3-6-12/h1-3,5-6,8-9,11,14H,4,7,10H2. The molecule has 22 heavy (non-hydrogen) atoms. The number of anilines is 1. The van der Waals surface area contributed by atoms with Crippen LogP contribution in [-0.2, 0) is 0 Å². The van der Waals surface area contributed by atoms with Crippen LogP contribution in [0.5, 0.6) is 0 Å². The minimum absolute atomic E-state index is 0.370. The molecule has 0 amide bonds. The number of hydrogen-bond donors (Lipinski definition) is 0. The van der Waals surface area contributed by atoms with Crippen molar-refractivity contribution in [2.75, 3.05) is 11.4 Å². The average Bonchev–Trinajstić information content (AvgIpc) is 3.05. The fourth-order valence-corrected chi connectivity index (χ4v) is 3.31. The monoisotopic (exact) mass is 310 g/mol. The van der Waals surface area contributed by atoms with E-state index in [4.69, 9.17) is 16.6 Å². The van der Waals surface area contributed by atoms with Crippen LogP contribution in [0, 0.1) is 0 Å². The predicted molar refractivity (Wildman–Crippen MR) is 88.1 cm³/mol. The van der Waals surface area contributed by atoms with Crippen molar-refractivity contribution in [3.63, 3.8) is 0 Å². The number of nitrogens with zero attached hydrogens (tertiary/aromatic N) is 4. The Labute approximate surface area is 133 Å². The summed E-state index contributed by atoms with van der Waals surface area (Å²) in [6.45, 7) is 1.00. The summed E-state index contributed by atoms with van der Waals surface area (Å²) in [5, 5.41) is 0.405. The van der Waals surface area contributed by atoms with Gasteiger partial charge in [-0.3, -0.25) is 0 Å². The zero-order valence-corrected chi connectivity index (χ0v) is 12.7. The van der Waals surface area contributed by atoms with Gasteiger partial charge in [-0.1, -0.05) is 41.9 Å². The van der Waals surface area contributed by atoms with Gasteiger partial charge in [-0.2, -0.15) is 0 Å². The van der Waals surface area contributed by atoms with Crippen molar-refractivity contribution in [3.05, 3.63) is 59.5 Å². The van der Waals surface area contributed by atoms with E-state index in [-0.39, 0.29) is 0 Å². The molecule has 1 aliphatic rings. The molecule has 5 heteroatoms. The summed E-state index contributed by atoms with van der Waals surface area (Å²) in [5.74, 6) is 0.940. The largest absolute Gasteiger partial charge is 0.350 e. The first-order valence-corrected chi connectivity index (χ1v) is 7.79. The predicted octanol–water partition coefficient (Wildman–Crippen LogP) is 4.02. The quantitative estimate of drug-likeness (QED) is 0.670. The van der Waals surface area contributed by atoms with Crippen LogP contribution in [0.2, 0.25) is 5.15 Å². The first-order chi connectivity index (χ1) is 10.8. The van der Waals surface area contributed by atoms with Crippen LogP contribution in [0.1, 0.15) is 24.4 Å². The Balaban J connectivity index is 1.76. The van der Waals surface area contributed by atoms with E-state index < -0.39 is 0 Å². The summed E-state index contributed by atoms with van der Waals surface area (Å²) >= 11 is 6.16. The minimum atomic E-state index is 0.370.